The Balaban J connectivity index is 1.48. The molecule has 10 nitrogen and oxygen atoms in total. The van der Waals surface area contributed by atoms with E-state index in [0.29, 0.717) is 11.6 Å². The fourth-order valence-electron chi connectivity index (χ4n) is 5.13. The van der Waals surface area contributed by atoms with Crippen molar-refractivity contribution < 1.29 is 19.1 Å². The Hall–Kier alpha value is -4.60. The van der Waals surface area contributed by atoms with Gasteiger partial charge in [0.15, 0.2) is 0 Å². The Morgan fingerprint density at radius 1 is 0.646 bits per heavy atom. The Morgan fingerprint density at radius 2 is 1.08 bits per heavy atom. The number of hydrogen-bond donors (Lipinski definition) is 4. The molecule has 4 N–H and O–H groups in total. The van der Waals surface area contributed by atoms with Gasteiger partial charge in [0.2, 0.25) is 0 Å². The molecule has 2 amide bonds. The number of alkyl carbamates (subject to hydrolysis) is 2. The van der Waals surface area contributed by atoms with E-state index in [4.69, 9.17) is 19.4 Å². The predicted molar refractivity (Wildman–Crippen MR) is 190 cm³/mol. The van der Waals surface area contributed by atoms with E-state index in [9.17, 15) is 9.59 Å². The molecule has 0 bridgehead atoms. The molecular formula is C38H52N6O4. The van der Waals surface area contributed by atoms with Crippen LogP contribution in [0.5, 0.6) is 0 Å². The van der Waals surface area contributed by atoms with Crippen LogP contribution in [0, 0.1) is 11.3 Å². The number of carbonyl (C=O) groups is 2. The number of ether oxygens (including phenoxy) is 2. The van der Waals surface area contributed by atoms with Crippen molar-refractivity contribution in [2.24, 2.45) is 11.3 Å². The molecule has 0 saturated carbocycles. The molecule has 2 atom stereocenters. The number of nitrogens with zero attached hydrogens (tertiary/aromatic N) is 2. The van der Waals surface area contributed by atoms with Gasteiger partial charge < -0.3 is 30.1 Å². The quantitative estimate of drug-likeness (QED) is 0.149. The van der Waals surface area contributed by atoms with Gasteiger partial charge in [0.1, 0.15) is 28.4 Å². The first-order valence-electron chi connectivity index (χ1n) is 16.5. The molecule has 0 spiro atoms. The number of carbonyl (C=O) groups excluding carboxylic acids is 2. The number of H-pyrrole nitrogens is 2. The van der Waals surface area contributed by atoms with Crippen molar-refractivity contribution in [3.05, 3.63) is 72.6 Å². The lowest BCUT2D eigenvalue weighted by Crippen LogP contribution is -2.54. The van der Waals surface area contributed by atoms with Crippen molar-refractivity contribution in [3.63, 3.8) is 0 Å². The molecule has 0 radical (unpaired) electrons. The van der Waals surface area contributed by atoms with E-state index in [1.165, 1.54) is 0 Å². The van der Waals surface area contributed by atoms with Crippen molar-refractivity contribution in [2.75, 3.05) is 0 Å². The minimum absolute atomic E-state index is 0.104. The van der Waals surface area contributed by atoms with Crippen LogP contribution in [0.4, 0.5) is 9.59 Å². The fourth-order valence-corrected chi connectivity index (χ4v) is 5.13. The van der Waals surface area contributed by atoms with Crippen LogP contribution >= 0.6 is 0 Å². The van der Waals surface area contributed by atoms with Crippen molar-refractivity contribution in [2.45, 2.75) is 106 Å². The van der Waals surface area contributed by atoms with Gasteiger partial charge in [-0.3, -0.25) is 0 Å². The lowest BCUT2D eigenvalue weighted by atomic mass is 9.74. The molecule has 2 heterocycles. The van der Waals surface area contributed by atoms with E-state index in [1.54, 1.807) is 0 Å². The summed E-state index contributed by atoms with van der Waals surface area (Å²) in [5, 5.41) is 6.01. The van der Waals surface area contributed by atoms with Crippen molar-refractivity contribution in [1.29, 1.82) is 0 Å². The van der Waals surface area contributed by atoms with Crippen LogP contribution in [0.2, 0.25) is 0 Å². The minimum atomic E-state index is -0.811. The van der Waals surface area contributed by atoms with Crippen LogP contribution in [-0.4, -0.2) is 43.3 Å². The number of benzene rings is 2. The highest BCUT2D eigenvalue weighted by Crippen LogP contribution is 2.39. The standard InChI is InChI=1S/C38H52N6O4/c1-23(2)30(43-33(45)47-36(6,7)8)31-39-21-28(41-31)26-17-13-24(14-18-26)25-15-19-27(20-16-25)29-22-40-32(42-29)38(12,35(3,4)5)44-34(46)48-37(9,10)11/h13-23,30H,1-12H3,(H,39,41)(H,40,42)(H,43,45)(H,44,46). The second-order valence-corrected chi connectivity index (χ2v) is 15.8. The lowest BCUT2D eigenvalue weighted by molar-refractivity contribution is 0.0343. The Kier molecular flexibility index (Phi) is 10.2. The summed E-state index contributed by atoms with van der Waals surface area (Å²) in [7, 11) is 0. The van der Waals surface area contributed by atoms with Gasteiger partial charge in [-0.25, -0.2) is 19.6 Å². The summed E-state index contributed by atoms with van der Waals surface area (Å²) in [5.74, 6) is 1.43. The molecule has 2 unspecified atom stereocenters. The summed E-state index contributed by atoms with van der Waals surface area (Å²) in [6, 6.07) is 16.1. The van der Waals surface area contributed by atoms with E-state index >= 15 is 0 Å². The van der Waals surface area contributed by atoms with Crippen LogP contribution in [0.25, 0.3) is 33.6 Å². The Morgan fingerprint density at radius 3 is 1.54 bits per heavy atom. The van der Waals surface area contributed by atoms with Crippen LogP contribution in [-0.2, 0) is 15.0 Å². The highest BCUT2D eigenvalue weighted by Gasteiger charge is 2.44. The van der Waals surface area contributed by atoms with Gasteiger partial charge in [0.25, 0.3) is 0 Å². The van der Waals surface area contributed by atoms with Gasteiger partial charge in [-0.2, -0.15) is 0 Å². The summed E-state index contributed by atoms with van der Waals surface area (Å²) in [6.07, 6.45) is 2.76. The number of aromatic nitrogens is 4. The van der Waals surface area contributed by atoms with Crippen LogP contribution in [0.15, 0.2) is 60.9 Å². The van der Waals surface area contributed by atoms with Gasteiger partial charge >= 0.3 is 12.2 Å². The first kappa shape index (κ1) is 36.2. The summed E-state index contributed by atoms with van der Waals surface area (Å²) in [4.78, 5) is 41.5. The van der Waals surface area contributed by atoms with Crippen LogP contribution in [0.3, 0.4) is 0 Å². The van der Waals surface area contributed by atoms with Gasteiger partial charge in [-0.05, 0) is 70.9 Å². The molecular weight excluding hydrogens is 604 g/mol. The summed E-state index contributed by atoms with van der Waals surface area (Å²) in [5.41, 5.74) is 3.26. The number of rotatable bonds is 8. The molecule has 10 heteroatoms. The SMILES string of the molecule is CC(C)C(NC(=O)OC(C)(C)C)c1nc(-c2ccc(-c3ccc(-c4c[nH]c(C(C)(NC(=O)OC(C)(C)C)C(C)(C)C)n4)cc3)cc2)c[nH]1. The number of amides is 2. The average Bonchev–Trinajstić information content (AvgIpc) is 3.64. The van der Waals surface area contributed by atoms with Gasteiger partial charge in [-0.15, -0.1) is 0 Å². The maximum absolute atomic E-state index is 12.8. The highest BCUT2D eigenvalue weighted by atomic mass is 16.6. The van der Waals surface area contributed by atoms with E-state index in [0.717, 1.165) is 33.6 Å². The number of nitrogens with one attached hydrogen (secondary N) is 4. The zero-order chi connectivity index (χ0) is 35.7. The molecule has 0 aliphatic carbocycles. The highest BCUT2D eigenvalue weighted by molar-refractivity contribution is 5.72. The first-order chi connectivity index (χ1) is 22.1. The topological polar surface area (TPSA) is 134 Å². The summed E-state index contributed by atoms with van der Waals surface area (Å²) in [6.45, 7) is 23.2. The summed E-state index contributed by atoms with van der Waals surface area (Å²) < 4.78 is 11.0. The van der Waals surface area contributed by atoms with E-state index < -0.39 is 28.9 Å². The normalized spacial score (nSPS) is 14.3. The van der Waals surface area contributed by atoms with Crippen LogP contribution in [0.1, 0.15) is 101 Å². The van der Waals surface area contributed by atoms with Gasteiger partial charge in [-0.1, -0.05) is 83.1 Å². The fraction of sp³-hybridized carbons (Fsp3) is 0.474. The number of aromatic amines is 2. The molecule has 2 aromatic carbocycles. The second kappa shape index (κ2) is 13.5. The van der Waals surface area contributed by atoms with Crippen molar-refractivity contribution >= 4 is 12.2 Å². The molecule has 0 aliphatic heterocycles. The molecule has 0 saturated heterocycles. The largest absolute Gasteiger partial charge is 0.444 e. The zero-order valence-electron chi connectivity index (χ0n) is 30.5. The zero-order valence-corrected chi connectivity index (χ0v) is 30.5. The second-order valence-electron chi connectivity index (χ2n) is 15.8. The molecule has 2 aromatic heterocycles. The third kappa shape index (κ3) is 8.85. The number of imidazole rings is 2. The predicted octanol–water partition coefficient (Wildman–Crippen LogP) is 9.14. The third-order valence-electron chi connectivity index (χ3n) is 8.23. The van der Waals surface area contributed by atoms with Gasteiger partial charge in [0, 0.05) is 23.5 Å². The monoisotopic (exact) mass is 656 g/mol. The van der Waals surface area contributed by atoms with Crippen LogP contribution < -0.4 is 10.6 Å². The molecule has 0 fully saturated rings. The maximum Gasteiger partial charge on any atom is 0.408 e. The Bertz CT molecular complexity index is 1700. The van der Waals surface area contributed by atoms with Crippen molar-refractivity contribution in [1.82, 2.24) is 30.6 Å². The third-order valence-corrected chi connectivity index (χ3v) is 8.23. The molecule has 4 aromatic rings. The lowest BCUT2D eigenvalue weighted by Gasteiger charge is -2.41. The minimum Gasteiger partial charge on any atom is -0.444 e. The molecule has 48 heavy (non-hydrogen) atoms. The van der Waals surface area contributed by atoms with E-state index in [-0.39, 0.29) is 17.4 Å². The van der Waals surface area contributed by atoms with E-state index in [2.05, 4.69) is 65.6 Å². The smallest absolute Gasteiger partial charge is 0.408 e. The van der Waals surface area contributed by atoms with Gasteiger partial charge in [0.05, 0.1) is 17.4 Å². The Labute approximate surface area is 284 Å². The summed E-state index contributed by atoms with van der Waals surface area (Å²) >= 11 is 0. The number of hydrogen-bond acceptors (Lipinski definition) is 6. The average molecular weight is 657 g/mol. The first-order valence-corrected chi connectivity index (χ1v) is 16.5. The molecule has 4 rings (SSSR count). The molecule has 258 valence electrons. The maximum atomic E-state index is 12.8. The molecule has 0 aliphatic rings. The van der Waals surface area contributed by atoms with Crippen molar-refractivity contribution in [3.8, 4) is 33.6 Å². The van der Waals surface area contributed by atoms with E-state index in [1.807, 2.05) is 99.0 Å².